The van der Waals surface area contributed by atoms with E-state index in [1.807, 2.05) is 39.0 Å². The van der Waals surface area contributed by atoms with Crippen molar-refractivity contribution in [1.29, 1.82) is 5.26 Å². The van der Waals surface area contributed by atoms with Crippen molar-refractivity contribution in [2.45, 2.75) is 46.5 Å². The molecule has 1 fully saturated rings. The van der Waals surface area contributed by atoms with Crippen molar-refractivity contribution in [2.75, 3.05) is 18.0 Å². The zero-order valence-electron chi connectivity index (χ0n) is 14.4. The van der Waals surface area contributed by atoms with Crippen molar-refractivity contribution in [3.8, 4) is 6.07 Å². The molecule has 3 heteroatoms. The summed E-state index contributed by atoms with van der Waals surface area (Å²) in [6.07, 6.45) is 6.83. The van der Waals surface area contributed by atoms with E-state index in [0.29, 0.717) is 0 Å². The molecule has 1 aromatic carbocycles. The molecule has 0 saturated carbocycles. The van der Waals surface area contributed by atoms with E-state index in [4.69, 9.17) is 0 Å². The SMILES string of the molecule is CC(C)(C)C(=O)/C(C#N)=C/c1ccc(N2CCCCCC2)cc1. The highest BCUT2D eigenvalue weighted by atomic mass is 16.1. The van der Waals surface area contributed by atoms with Crippen molar-refractivity contribution in [2.24, 2.45) is 5.41 Å². The van der Waals surface area contributed by atoms with Gasteiger partial charge >= 0.3 is 0 Å². The van der Waals surface area contributed by atoms with Crippen molar-refractivity contribution < 1.29 is 4.79 Å². The van der Waals surface area contributed by atoms with Crippen LogP contribution in [0.4, 0.5) is 5.69 Å². The van der Waals surface area contributed by atoms with Gasteiger partial charge in [0.05, 0.1) is 5.57 Å². The van der Waals surface area contributed by atoms with Gasteiger partial charge in [-0.1, -0.05) is 45.7 Å². The Kier molecular flexibility index (Phi) is 5.60. The van der Waals surface area contributed by atoms with Crippen LogP contribution in [-0.4, -0.2) is 18.9 Å². The standard InChI is InChI=1S/C20H26N2O/c1-20(2,3)19(23)17(15-21)14-16-8-10-18(11-9-16)22-12-6-4-5-7-13-22/h8-11,14H,4-7,12-13H2,1-3H3/b17-14+. The van der Waals surface area contributed by atoms with Crippen molar-refractivity contribution >= 4 is 17.5 Å². The zero-order valence-corrected chi connectivity index (χ0v) is 14.4. The molecule has 0 atom stereocenters. The fraction of sp³-hybridized carbons (Fsp3) is 0.500. The minimum absolute atomic E-state index is 0.114. The molecule has 122 valence electrons. The first-order valence-corrected chi connectivity index (χ1v) is 8.43. The van der Waals surface area contributed by atoms with Gasteiger partial charge in [0.1, 0.15) is 6.07 Å². The van der Waals surface area contributed by atoms with E-state index < -0.39 is 5.41 Å². The highest BCUT2D eigenvalue weighted by Gasteiger charge is 2.24. The van der Waals surface area contributed by atoms with Gasteiger partial charge in [0.2, 0.25) is 0 Å². The fourth-order valence-electron chi connectivity index (χ4n) is 2.83. The van der Waals surface area contributed by atoms with E-state index in [1.165, 1.54) is 31.4 Å². The summed E-state index contributed by atoms with van der Waals surface area (Å²) >= 11 is 0. The summed E-state index contributed by atoms with van der Waals surface area (Å²) in [4.78, 5) is 14.7. The predicted octanol–water partition coefficient (Wildman–Crippen LogP) is 4.59. The third-order valence-corrected chi connectivity index (χ3v) is 4.22. The largest absolute Gasteiger partial charge is 0.372 e. The lowest BCUT2D eigenvalue weighted by atomic mass is 9.86. The molecular formula is C20H26N2O. The molecule has 1 aromatic rings. The Bertz CT molecular complexity index is 607. The van der Waals surface area contributed by atoms with Crippen LogP contribution in [0.25, 0.3) is 6.08 Å². The number of carbonyl (C=O) groups is 1. The summed E-state index contributed by atoms with van der Waals surface area (Å²) in [5, 5.41) is 9.26. The van der Waals surface area contributed by atoms with Gasteiger partial charge in [0.25, 0.3) is 0 Å². The summed E-state index contributed by atoms with van der Waals surface area (Å²) in [5.41, 5.74) is 1.82. The number of Topliss-reactive ketones (excluding diaryl/α,β-unsaturated/α-hetero) is 1. The second kappa shape index (κ2) is 7.46. The highest BCUT2D eigenvalue weighted by Crippen LogP contribution is 2.23. The Morgan fingerprint density at radius 1 is 1.09 bits per heavy atom. The number of nitriles is 1. The number of carbonyl (C=O) groups excluding carboxylic acids is 1. The third-order valence-electron chi connectivity index (χ3n) is 4.22. The first-order chi connectivity index (χ1) is 10.9. The smallest absolute Gasteiger partial charge is 0.178 e. The number of rotatable bonds is 3. The number of hydrogen-bond acceptors (Lipinski definition) is 3. The van der Waals surface area contributed by atoms with Gasteiger partial charge in [-0.2, -0.15) is 5.26 Å². The molecule has 23 heavy (non-hydrogen) atoms. The monoisotopic (exact) mass is 310 g/mol. The Morgan fingerprint density at radius 3 is 2.13 bits per heavy atom. The fourth-order valence-corrected chi connectivity index (χ4v) is 2.83. The number of nitrogens with zero attached hydrogens (tertiary/aromatic N) is 2. The van der Waals surface area contributed by atoms with Crippen LogP contribution in [0.15, 0.2) is 29.8 Å². The number of ketones is 1. The van der Waals surface area contributed by atoms with E-state index in [2.05, 4.69) is 17.0 Å². The summed E-state index contributed by atoms with van der Waals surface area (Å²) < 4.78 is 0. The number of benzene rings is 1. The van der Waals surface area contributed by atoms with Gasteiger partial charge in [-0.05, 0) is 36.6 Å². The highest BCUT2D eigenvalue weighted by molar-refractivity contribution is 6.06. The van der Waals surface area contributed by atoms with Gasteiger partial charge in [-0.15, -0.1) is 0 Å². The van der Waals surface area contributed by atoms with Crippen molar-refractivity contribution in [3.63, 3.8) is 0 Å². The van der Waals surface area contributed by atoms with Crippen molar-refractivity contribution in [1.82, 2.24) is 0 Å². The average Bonchev–Trinajstić information content (AvgIpc) is 2.81. The van der Waals surface area contributed by atoms with Crippen LogP contribution in [0.1, 0.15) is 52.0 Å². The van der Waals surface area contributed by atoms with Crippen LogP contribution in [0.2, 0.25) is 0 Å². The summed E-state index contributed by atoms with van der Waals surface area (Å²) in [5.74, 6) is -0.114. The second-order valence-electron chi connectivity index (χ2n) is 7.24. The first-order valence-electron chi connectivity index (χ1n) is 8.43. The minimum Gasteiger partial charge on any atom is -0.372 e. The molecule has 0 radical (unpaired) electrons. The lowest BCUT2D eigenvalue weighted by Crippen LogP contribution is -2.23. The molecule has 1 aliphatic heterocycles. The number of anilines is 1. The van der Waals surface area contributed by atoms with E-state index in [0.717, 1.165) is 18.7 Å². The predicted molar refractivity (Wildman–Crippen MR) is 95.2 cm³/mol. The Hall–Kier alpha value is -2.08. The van der Waals surface area contributed by atoms with Crippen molar-refractivity contribution in [3.05, 3.63) is 35.4 Å². The molecule has 0 bridgehead atoms. The molecule has 1 saturated heterocycles. The Balaban J connectivity index is 2.17. The first kappa shape index (κ1) is 17.3. The molecule has 1 heterocycles. The van der Waals surface area contributed by atoms with Gasteiger partial charge in [-0.25, -0.2) is 0 Å². The second-order valence-corrected chi connectivity index (χ2v) is 7.24. The van der Waals surface area contributed by atoms with Crippen LogP contribution in [0, 0.1) is 16.7 Å². The molecule has 0 amide bonds. The minimum atomic E-state index is -0.534. The van der Waals surface area contributed by atoms with E-state index in [-0.39, 0.29) is 11.4 Å². The maximum absolute atomic E-state index is 12.3. The summed E-state index contributed by atoms with van der Waals surface area (Å²) in [6.45, 7) is 7.73. The lowest BCUT2D eigenvalue weighted by molar-refractivity contribution is -0.121. The Morgan fingerprint density at radius 2 is 1.65 bits per heavy atom. The normalized spacial score (nSPS) is 16.6. The maximum atomic E-state index is 12.3. The maximum Gasteiger partial charge on any atom is 0.178 e. The van der Waals surface area contributed by atoms with Crippen LogP contribution >= 0.6 is 0 Å². The molecule has 2 rings (SSSR count). The number of allylic oxidation sites excluding steroid dienone is 1. The molecule has 0 N–H and O–H groups in total. The topological polar surface area (TPSA) is 44.1 Å². The third kappa shape index (κ3) is 4.69. The van der Waals surface area contributed by atoms with Crippen LogP contribution in [0.5, 0.6) is 0 Å². The van der Waals surface area contributed by atoms with Gasteiger partial charge in [-0.3, -0.25) is 4.79 Å². The summed E-state index contributed by atoms with van der Waals surface area (Å²) in [6, 6.07) is 10.2. The Labute approximate surface area is 139 Å². The quantitative estimate of drug-likeness (QED) is 0.606. The lowest BCUT2D eigenvalue weighted by Gasteiger charge is -2.22. The molecular weight excluding hydrogens is 284 g/mol. The molecule has 0 aromatic heterocycles. The van der Waals surface area contributed by atoms with E-state index in [1.54, 1.807) is 6.08 Å². The van der Waals surface area contributed by atoms with E-state index in [9.17, 15) is 10.1 Å². The van der Waals surface area contributed by atoms with Gasteiger partial charge in [0.15, 0.2) is 5.78 Å². The molecule has 1 aliphatic rings. The molecule has 0 spiro atoms. The average molecular weight is 310 g/mol. The molecule has 3 nitrogen and oxygen atoms in total. The van der Waals surface area contributed by atoms with Crippen LogP contribution < -0.4 is 4.90 Å². The summed E-state index contributed by atoms with van der Waals surface area (Å²) in [7, 11) is 0. The van der Waals surface area contributed by atoms with Gasteiger partial charge in [0, 0.05) is 24.2 Å². The molecule has 0 aliphatic carbocycles. The van der Waals surface area contributed by atoms with Crippen LogP contribution in [0.3, 0.4) is 0 Å². The van der Waals surface area contributed by atoms with Gasteiger partial charge < -0.3 is 4.90 Å². The number of hydrogen-bond donors (Lipinski definition) is 0. The van der Waals surface area contributed by atoms with E-state index >= 15 is 0 Å². The molecule has 0 unspecified atom stereocenters. The van der Waals surface area contributed by atoms with Crippen LogP contribution in [-0.2, 0) is 4.79 Å². The zero-order chi connectivity index (χ0) is 16.9.